The molecule has 35 heavy (non-hydrogen) atoms. The van der Waals surface area contributed by atoms with Gasteiger partial charge in [-0.25, -0.2) is 10.4 Å². The van der Waals surface area contributed by atoms with E-state index in [9.17, 15) is 4.79 Å². The molecule has 0 aliphatic carbocycles. The summed E-state index contributed by atoms with van der Waals surface area (Å²) in [6.45, 7) is 2.16. The lowest BCUT2D eigenvalue weighted by Gasteiger charge is -2.31. The molecular formula is C26H28N4O5. The third-order valence-electron chi connectivity index (χ3n) is 6.44. The predicted octanol–water partition coefficient (Wildman–Crippen LogP) is 3.81. The van der Waals surface area contributed by atoms with Crippen molar-refractivity contribution in [1.82, 2.24) is 20.3 Å². The van der Waals surface area contributed by atoms with E-state index in [4.69, 9.17) is 18.6 Å². The Morgan fingerprint density at radius 1 is 1.06 bits per heavy atom. The van der Waals surface area contributed by atoms with Gasteiger partial charge in [-0.1, -0.05) is 18.2 Å². The highest BCUT2D eigenvalue weighted by molar-refractivity contribution is 5.84. The Labute approximate surface area is 203 Å². The van der Waals surface area contributed by atoms with E-state index in [2.05, 4.69) is 10.4 Å². The molecule has 0 saturated carbocycles. The number of carbonyl (C=O) groups is 1. The number of nitrogens with one attached hydrogen (secondary N) is 1. The first kappa shape index (κ1) is 22.8. The van der Waals surface area contributed by atoms with Crippen LogP contribution < -0.4 is 19.6 Å². The summed E-state index contributed by atoms with van der Waals surface area (Å²) in [5.74, 6) is 3.03. The third kappa shape index (κ3) is 4.19. The number of carbonyl (C=O) groups excluding carboxylic acids is 1. The molecule has 2 aromatic carbocycles. The molecule has 1 N–H and O–H groups in total. The number of rotatable bonds is 7. The van der Waals surface area contributed by atoms with Gasteiger partial charge in [0.25, 0.3) is 5.91 Å². The average molecular weight is 477 g/mol. The lowest BCUT2D eigenvalue weighted by molar-refractivity contribution is -0.135. The van der Waals surface area contributed by atoms with Gasteiger partial charge in [0.2, 0.25) is 5.89 Å². The molecule has 1 aromatic heterocycles. The van der Waals surface area contributed by atoms with E-state index in [1.807, 2.05) is 60.6 Å². The summed E-state index contributed by atoms with van der Waals surface area (Å²) in [6, 6.07) is 13.2. The fourth-order valence-corrected chi connectivity index (χ4v) is 4.53. The minimum absolute atomic E-state index is 0.0129. The normalized spacial score (nSPS) is 19.1. The molecule has 1 saturated heterocycles. The summed E-state index contributed by atoms with van der Waals surface area (Å²) in [5.41, 5.74) is 5.91. The van der Waals surface area contributed by atoms with Gasteiger partial charge >= 0.3 is 0 Å². The Hall–Kier alpha value is -3.98. The first-order valence-electron chi connectivity index (χ1n) is 11.4. The molecule has 9 nitrogen and oxygen atoms in total. The van der Waals surface area contributed by atoms with Gasteiger partial charge in [0.05, 0.1) is 39.5 Å². The highest BCUT2D eigenvalue weighted by Gasteiger charge is 2.40. The summed E-state index contributed by atoms with van der Waals surface area (Å²) < 4.78 is 22.1. The molecule has 0 radical (unpaired) electrons. The highest BCUT2D eigenvalue weighted by Crippen LogP contribution is 2.38. The second-order valence-corrected chi connectivity index (χ2v) is 8.44. The van der Waals surface area contributed by atoms with Crippen LogP contribution in [-0.4, -0.2) is 48.2 Å². The summed E-state index contributed by atoms with van der Waals surface area (Å²) in [7, 11) is 4.81. The van der Waals surface area contributed by atoms with E-state index in [1.165, 1.54) is 0 Å². The van der Waals surface area contributed by atoms with Gasteiger partial charge < -0.3 is 28.5 Å². The van der Waals surface area contributed by atoms with Crippen LogP contribution in [0.3, 0.4) is 0 Å². The van der Waals surface area contributed by atoms with E-state index >= 15 is 0 Å². The molecular weight excluding hydrogens is 448 g/mol. The van der Waals surface area contributed by atoms with Crippen LogP contribution in [0, 0.1) is 6.92 Å². The zero-order valence-corrected chi connectivity index (χ0v) is 20.1. The Bertz CT molecular complexity index is 1250. The number of amides is 1. The predicted molar refractivity (Wildman–Crippen MR) is 129 cm³/mol. The third-order valence-corrected chi connectivity index (χ3v) is 6.44. The van der Waals surface area contributed by atoms with E-state index in [0.29, 0.717) is 47.4 Å². The average Bonchev–Trinajstić information content (AvgIpc) is 3.49. The van der Waals surface area contributed by atoms with Crippen molar-refractivity contribution < 1.29 is 23.4 Å². The number of hydrogen-bond donors (Lipinski definition) is 1. The van der Waals surface area contributed by atoms with Crippen molar-refractivity contribution in [2.45, 2.75) is 32.0 Å². The topological polar surface area (TPSA) is 89.3 Å². The SMILES string of the molecule is COc1ccc(C2CC3C(=O)N(Cc4nc(-c5cccc(OC)c5OC)oc4C)C=CN3N2)cc1. The lowest BCUT2D eigenvalue weighted by atomic mass is 10.0. The Balaban J connectivity index is 1.32. The molecule has 1 amide bonds. The molecule has 182 valence electrons. The molecule has 0 spiro atoms. The maximum Gasteiger partial charge on any atom is 0.251 e. The molecule has 0 bridgehead atoms. The first-order valence-corrected chi connectivity index (χ1v) is 11.4. The molecule has 1 fully saturated rings. The summed E-state index contributed by atoms with van der Waals surface area (Å²) in [6.07, 6.45) is 4.34. The number of hydrogen-bond acceptors (Lipinski definition) is 8. The number of para-hydroxylation sites is 1. The summed E-state index contributed by atoms with van der Waals surface area (Å²) in [4.78, 5) is 19.7. The van der Waals surface area contributed by atoms with Crippen LogP contribution in [0.4, 0.5) is 0 Å². The first-order chi connectivity index (χ1) is 17.0. The van der Waals surface area contributed by atoms with Crippen molar-refractivity contribution in [1.29, 1.82) is 0 Å². The van der Waals surface area contributed by atoms with Crippen molar-refractivity contribution in [2.24, 2.45) is 0 Å². The number of nitrogens with zero attached hydrogens (tertiary/aromatic N) is 3. The minimum Gasteiger partial charge on any atom is -0.497 e. The van der Waals surface area contributed by atoms with Gasteiger partial charge in [-0.3, -0.25) is 4.79 Å². The molecule has 2 unspecified atom stereocenters. The van der Waals surface area contributed by atoms with Crippen LogP contribution in [0.15, 0.2) is 59.3 Å². The van der Waals surface area contributed by atoms with Crippen molar-refractivity contribution >= 4 is 5.91 Å². The van der Waals surface area contributed by atoms with Crippen LogP contribution >= 0.6 is 0 Å². The molecule has 9 heteroatoms. The van der Waals surface area contributed by atoms with Crippen molar-refractivity contribution in [3.8, 4) is 28.7 Å². The molecule has 2 aliphatic rings. The van der Waals surface area contributed by atoms with Crippen molar-refractivity contribution in [3.63, 3.8) is 0 Å². The number of hydrazine groups is 1. The number of benzene rings is 2. The number of ether oxygens (including phenoxy) is 3. The van der Waals surface area contributed by atoms with E-state index in [0.717, 1.165) is 11.3 Å². The monoisotopic (exact) mass is 476 g/mol. The summed E-state index contributed by atoms with van der Waals surface area (Å²) >= 11 is 0. The van der Waals surface area contributed by atoms with E-state index in [-0.39, 0.29) is 18.0 Å². The standard InChI is InChI=1S/C26H28N4O5/c1-16-21(27-25(35-16)19-6-5-7-23(33-3)24(19)34-4)15-29-12-13-30-22(26(29)31)14-20(28-30)17-8-10-18(32-2)11-9-17/h5-13,20,22,28H,14-15H2,1-4H3. The fraction of sp³-hybridized carbons (Fsp3) is 0.308. The highest BCUT2D eigenvalue weighted by atomic mass is 16.5. The van der Waals surface area contributed by atoms with Crippen molar-refractivity contribution in [2.75, 3.05) is 21.3 Å². The van der Waals surface area contributed by atoms with Crippen LogP contribution in [0.2, 0.25) is 0 Å². The van der Waals surface area contributed by atoms with Gasteiger partial charge in [-0.15, -0.1) is 0 Å². The fourth-order valence-electron chi connectivity index (χ4n) is 4.53. The Kier molecular flexibility index (Phi) is 6.08. The molecule has 3 heterocycles. The quantitative estimate of drug-likeness (QED) is 0.551. The number of aromatic nitrogens is 1. The van der Waals surface area contributed by atoms with Crippen LogP contribution in [-0.2, 0) is 11.3 Å². The van der Waals surface area contributed by atoms with Crippen LogP contribution in [0.1, 0.15) is 29.5 Å². The maximum atomic E-state index is 13.3. The second kappa shape index (κ2) is 9.34. The molecule has 2 aliphatic heterocycles. The number of aryl methyl sites for hydroxylation is 1. The minimum atomic E-state index is -0.294. The Morgan fingerprint density at radius 2 is 1.86 bits per heavy atom. The number of methoxy groups -OCH3 is 3. The Morgan fingerprint density at radius 3 is 2.57 bits per heavy atom. The molecule has 3 aromatic rings. The molecule has 5 rings (SSSR count). The molecule has 2 atom stereocenters. The second-order valence-electron chi connectivity index (χ2n) is 8.44. The van der Waals surface area contributed by atoms with Crippen LogP contribution in [0.5, 0.6) is 17.2 Å². The number of oxazole rings is 1. The largest absolute Gasteiger partial charge is 0.497 e. The van der Waals surface area contributed by atoms with Crippen molar-refractivity contribution in [3.05, 3.63) is 71.9 Å². The van der Waals surface area contributed by atoms with Gasteiger partial charge in [0, 0.05) is 12.4 Å². The van der Waals surface area contributed by atoms with Gasteiger partial charge in [-0.2, -0.15) is 0 Å². The lowest BCUT2D eigenvalue weighted by Crippen LogP contribution is -2.47. The maximum absolute atomic E-state index is 13.3. The van der Waals surface area contributed by atoms with Gasteiger partial charge in [0.15, 0.2) is 11.5 Å². The summed E-state index contributed by atoms with van der Waals surface area (Å²) in [5, 5.41) is 1.88. The zero-order chi connectivity index (χ0) is 24.5. The van der Waals surface area contributed by atoms with Gasteiger partial charge in [-0.05, 0) is 43.2 Å². The smallest absolute Gasteiger partial charge is 0.251 e. The van der Waals surface area contributed by atoms with E-state index in [1.54, 1.807) is 32.4 Å². The van der Waals surface area contributed by atoms with Gasteiger partial charge in [0.1, 0.15) is 23.2 Å². The van der Waals surface area contributed by atoms with Crippen LogP contribution in [0.25, 0.3) is 11.5 Å². The number of fused-ring (bicyclic) bond motifs is 1. The zero-order valence-electron chi connectivity index (χ0n) is 20.1. The van der Waals surface area contributed by atoms with E-state index < -0.39 is 0 Å².